The molecule has 0 amide bonds. The molecule has 2 aromatic carbocycles. The molecule has 0 heterocycles. The van der Waals surface area contributed by atoms with Crippen molar-refractivity contribution in [2.24, 2.45) is 0 Å². The van der Waals surface area contributed by atoms with Crippen LogP contribution >= 0.6 is 0 Å². The van der Waals surface area contributed by atoms with Crippen LogP contribution < -0.4 is 0 Å². The molecule has 1 nitrogen and oxygen atoms in total. The number of rotatable bonds is 7. The van der Waals surface area contributed by atoms with Gasteiger partial charge in [-0.3, -0.25) is 0 Å². The molecule has 0 fully saturated rings. The first-order chi connectivity index (χ1) is 14.3. The Kier molecular flexibility index (Phi) is 6.38. The van der Waals surface area contributed by atoms with Crippen molar-refractivity contribution in [2.45, 2.75) is 48.8 Å². The van der Waals surface area contributed by atoms with Crippen LogP contribution in [0.1, 0.15) is 18.9 Å². The minimum absolute atomic E-state index is 0.0181. The van der Waals surface area contributed by atoms with Crippen molar-refractivity contribution in [1.29, 1.82) is 0 Å². The smallest absolute Gasteiger partial charge is 0.385 e. The summed E-state index contributed by atoms with van der Waals surface area (Å²) in [5.74, 6) is -28.3. The van der Waals surface area contributed by atoms with Crippen molar-refractivity contribution in [1.82, 2.24) is 0 Å². The minimum atomic E-state index is -7.52. The number of alkyl halides is 11. The monoisotopic (exact) mass is 480 g/mol. The van der Waals surface area contributed by atoms with Crippen molar-refractivity contribution in [2.75, 3.05) is 0 Å². The molecule has 0 bridgehead atoms. The van der Waals surface area contributed by atoms with Crippen molar-refractivity contribution in [3.63, 3.8) is 0 Å². The number of halogens is 11. The highest BCUT2D eigenvalue weighted by Gasteiger charge is 2.87. The Balaban J connectivity index is 2.52. The molecule has 0 aromatic heterocycles. The summed E-state index contributed by atoms with van der Waals surface area (Å²) in [6.45, 7) is 0.527. The zero-order valence-corrected chi connectivity index (χ0v) is 16.0. The van der Waals surface area contributed by atoms with E-state index in [0.717, 1.165) is 6.07 Å². The van der Waals surface area contributed by atoms with Gasteiger partial charge in [0, 0.05) is 0 Å². The Labute approximate surface area is 174 Å². The van der Waals surface area contributed by atoms with Gasteiger partial charge in [0.15, 0.2) is 0 Å². The second-order valence-electron chi connectivity index (χ2n) is 7.29. The summed E-state index contributed by atoms with van der Waals surface area (Å²) in [4.78, 5) is 0. The number of aliphatic hydroxyl groups is 1. The number of hydrogen-bond acceptors (Lipinski definition) is 1. The van der Waals surface area contributed by atoms with Gasteiger partial charge in [0.1, 0.15) is 0 Å². The van der Waals surface area contributed by atoms with E-state index in [0.29, 0.717) is 12.5 Å². The summed E-state index contributed by atoms with van der Waals surface area (Å²) in [5.41, 5.74) is -3.19. The van der Waals surface area contributed by atoms with Gasteiger partial charge in [-0.15, -0.1) is 0 Å². The van der Waals surface area contributed by atoms with Crippen molar-refractivity contribution in [3.8, 4) is 11.1 Å². The Bertz CT molecular complexity index is 934. The maximum absolute atomic E-state index is 14.2. The second kappa shape index (κ2) is 7.89. The van der Waals surface area contributed by atoms with Crippen LogP contribution in [0.25, 0.3) is 11.1 Å². The highest BCUT2D eigenvalue weighted by molar-refractivity contribution is 5.68. The molecule has 12 heteroatoms. The summed E-state index contributed by atoms with van der Waals surface area (Å²) in [7, 11) is 0. The highest BCUT2D eigenvalue weighted by Crippen LogP contribution is 2.59. The molecule has 0 aliphatic rings. The van der Waals surface area contributed by atoms with Gasteiger partial charge < -0.3 is 5.11 Å². The molecule has 0 spiro atoms. The molecule has 0 saturated heterocycles. The molecule has 2 rings (SSSR count). The molecule has 1 unspecified atom stereocenters. The minimum Gasteiger partial charge on any atom is -0.385 e. The summed E-state index contributed by atoms with van der Waals surface area (Å²) in [5, 5.41) is 10.5. The average Bonchev–Trinajstić information content (AvgIpc) is 2.66. The molecular formula is C20H15F11O. The van der Waals surface area contributed by atoms with Crippen molar-refractivity contribution < 1.29 is 53.4 Å². The molecule has 0 radical (unpaired) electrons. The van der Waals surface area contributed by atoms with Crippen molar-refractivity contribution in [3.05, 3.63) is 60.2 Å². The molecule has 2 aromatic rings. The van der Waals surface area contributed by atoms with Crippen LogP contribution in [0.4, 0.5) is 48.3 Å². The topological polar surface area (TPSA) is 20.2 Å². The van der Waals surface area contributed by atoms with Gasteiger partial charge in [0.05, 0.1) is 12.0 Å². The second-order valence-corrected chi connectivity index (χ2v) is 7.29. The summed E-state index contributed by atoms with van der Waals surface area (Å²) in [6, 6.07) is 12.3. The van der Waals surface area contributed by atoms with Gasteiger partial charge in [0.25, 0.3) is 0 Å². The van der Waals surface area contributed by atoms with Gasteiger partial charge in [0.2, 0.25) is 0 Å². The molecule has 32 heavy (non-hydrogen) atoms. The number of hydrogen-bond donors (Lipinski definition) is 1. The van der Waals surface area contributed by atoms with Crippen LogP contribution in [0.3, 0.4) is 0 Å². The lowest BCUT2D eigenvalue weighted by Crippen LogP contribution is -2.67. The maximum atomic E-state index is 14.2. The lowest BCUT2D eigenvalue weighted by molar-refractivity contribution is -0.424. The van der Waals surface area contributed by atoms with Crippen LogP contribution in [-0.2, 0) is 5.60 Å². The Morgan fingerprint density at radius 1 is 0.625 bits per heavy atom. The Morgan fingerprint density at radius 2 is 1.09 bits per heavy atom. The average molecular weight is 480 g/mol. The van der Waals surface area contributed by atoms with E-state index in [9.17, 15) is 53.4 Å². The largest absolute Gasteiger partial charge is 0.460 e. The zero-order valence-electron chi connectivity index (χ0n) is 16.0. The van der Waals surface area contributed by atoms with E-state index in [-0.39, 0.29) is 5.56 Å². The lowest BCUT2D eigenvalue weighted by Gasteiger charge is -2.39. The summed E-state index contributed by atoms with van der Waals surface area (Å²) < 4.78 is 146. The first-order valence-corrected chi connectivity index (χ1v) is 8.75. The predicted octanol–water partition coefficient (Wildman–Crippen LogP) is 7.05. The Hall–Kier alpha value is -2.37. The van der Waals surface area contributed by atoms with Gasteiger partial charge in [-0.2, -0.15) is 48.3 Å². The van der Waals surface area contributed by atoms with E-state index in [2.05, 4.69) is 0 Å². The predicted molar refractivity (Wildman–Crippen MR) is 91.9 cm³/mol. The lowest BCUT2D eigenvalue weighted by atomic mass is 9.82. The molecule has 0 saturated carbocycles. The first kappa shape index (κ1) is 25.9. The zero-order chi connectivity index (χ0) is 24.8. The van der Waals surface area contributed by atoms with Gasteiger partial charge in [-0.05, 0) is 23.6 Å². The fourth-order valence-corrected chi connectivity index (χ4v) is 3.07. The van der Waals surface area contributed by atoms with E-state index in [1.807, 2.05) is 0 Å². The van der Waals surface area contributed by atoms with Gasteiger partial charge >= 0.3 is 29.9 Å². The van der Waals surface area contributed by atoms with Crippen LogP contribution in [0.2, 0.25) is 0 Å². The van der Waals surface area contributed by atoms with E-state index in [4.69, 9.17) is 0 Å². The molecule has 178 valence electrons. The maximum Gasteiger partial charge on any atom is 0.460 e. The van der Waals surface area contributed by atoms with E-state index >= 15 is 0 Å². The normalized spacial score (nSPS) is 16.0. The fourth-order valence-electron chi connectivity index (χ4n) is 3.07. The summed E-state index contributed by atoms with van der Waals surface area (Å²) in [6.07, 6.45) is -9.82. The van der Waals surface area contributed by atoms with Crippen molar-refractivity contribution >= 4 is 0 Å². The van der Waals surface area contributed by atoms with E-state index in [1.165, 1.54) is 42.5 Å². The third-order valence-electron chi connectivity index (χ3n) is 4.76. The van der Waals surface area contributed by atoms with Gasteiger partial charge in [-0.1, -0.05) is 54.6 Å². The molecular weight excluding hydrogens is 465 g/mol. The van der Waals surface area contributed by atoms with Crippen LogP contribution in [0.15, 0.2) is 54.6 Å². The third-order valence-corrected chi connectivity index (χ3v) is 4.76. The quantitative estimate of drug-likeness (QED) is 0.421. The van der Waals surface area contributed by atoms with E-state index < -0.39 is 47.5 Å². The van der Waals surface area contributed by atoms with Crippen LogP contribution in [0.5, 0.6) is 0 Å². The Morgan fingerprint density at radius 3 is 1.59 bits per heavy atom. The van der Waals surface area contributed by atoms with Crippen LogP contribution in [0, 0.1) is 0 Å². The molecule has 0 aliphatic heterocycles. The molecule has 0 aliphatic carbocycles. The third kappa shape index (κ3) is 4.16. The SMILES string of the molecule is CC(O)(CC(F)(F)C(F)(F)C(F)(F)C(F)(F)C(F)(F)F)c1ccccc1-c1ccccc1. The number of benzene rings is 2. The van der Waals surface area contributed by atoms with Gasteiger partial charge in [-0.25, -0.2) is 0 Å². The standard InChI is InChI=1S/C20H15F11O/c1-15(32,14-10-6-5-9-13(14)12-7-3-2-4-8-12)11-16(21,22)17(23,24)18(25,26)19(27,28)20(29,30)31/h2-10,32H,11H2,1H3. The first-order valence-electron chi connectivity index (χ1n) is 8.75. The highest BCUT2D eigenvalue weighted by atomic mass is 19.4. The molecule has 1 atom stereocenters. The summed E-state index contributed by atoms with van der Waals surface area (Å²) >= 11 is 0. The molecule has 1 N–H and O–H groups in total. The fraction of sp³-hybridized carbons (Fsp3) is 0.400. The van der Waals surface area contributed by atoms with Crippen LogP contribution in [-0.4, -0.2) is 35.0 Å². The van der Waals surface area contributed by atoms with E-state index in [1.54, 1.807) is 6.07 Å².